The molecule has 110 valence electrons. The van der Waals surface area contributed by atoms with Crippen molar-refractivity contribution in [3.63, 3.8) is 0 Å². The monoisotopic (exact) mass is 299 g/mol. The Labute approximate surface area is 127 Å². The maximum absolute atomic E-state index is 6.05. The van der Waals surface area contributed by atoms with Crippen molar-refractivity contribution in [1.29, 1.82) is 0 Å². The summed E-state index contributed by atoms with van der Waals surface area (Å²) in [7, 11) is -1.64. The number of aromatic nitrogens is 2. The van der Waals surface area contributed by atoms with E-state index >= 15 is 0 Å². The van der Waals surface area contributed by atoms with Crippen molar-refractivity contribution in [1.82, 2.24) is 9.97 Å². The molecule has 0 radical (unpaired) electrons. The van der Waals surface area contributed by atoms with E-state index in [2.05, 4.69) is 34.6 Å². The third-order valence-corrected chi connectivity index (χ3v) is 3.45. The predicted molar refractivity (Wildman–Crippen MR) is 89.0 cm³/mol. The quantitative estimate of drug-likeness (QED) is 0.620. The second-order valence-corrected chi connectivity index (χ2v) is 10.3. The van der Waals surface area contributed by atoms with Gasteiger partial charge in [-0.2, -0.15) is 0 Å². The lowest BCUT2D eigenvalue weighted by Gasteiger charge is -2.20. The number of hydrogen-bond donors (Lipinski definition) is 0. The van der Waals surface area contributed by atoms with Crippen molar-refractivity contribution < 1.29 is 4.43 Å². The molecule has 21 heavy (non-hydrogen) atoms. The van der Waals surface area contributed by atoms with Crippen LogP contribution in [0.15, 0.2) is 41.7 Å². The van der Waals surface area contributed by atoms with Crippen LogP contribution in [0.1, 0.15) is 11.4 Å². The fourth-order valence-corrected chi connectivity index (χ4v) is 2.56. The number of rotatable bonds is 5. The minimum Gasteiger partial charge on any atom is -0.543 e. The Morgan fingerprint density at radius 2 is 1.81 bits per heavy atom. The Balaban J connectivity index is 2.08. The highest BCUT2D eigenvalue weighted by molar-refractivity contribution is 6.70. The molecule has 2 aromatic rings. The van der Waals surface area contributed by atoms with Crippen LogP contribution in [0.2, 0.25) is 19.6 Å². The standard InChI is InChI=1S/C16H21N3OSi/c1-13-11-18-16(19-12-13)9-10-17-14-7-5-6-8-15(14)20-21(2,3)4/h5-8,10-12H,9H2,1-4H3. The van der Waals surface area contributed by atoms with E-state index in [1.54, 1.807) is 0 Å². The van der Waals surface area contributed by atoms with Crippen LogP contribution in [-0.4, -0.2) is 24.5 Å². The molecule has 0 N–H and O–H groups in total. The molecule has 0 amide bonds. The van der Waals surface area contributed by atoms with E-state index in [4.69, 9.17) is 4.43 Å². The fourth-order valence-electron chi connectivity index (χ4n) is 1.73. The van der Waals surface area contributed by atoms with E-state index < -0.39 is 8.32 Å². The summed E-state index contributed by atoms with van der Waals surface area (Å²) in [5.41, 5.74) is 1.91. The zero-order valence-electron chi connectivity index (χ0n) is 13.0. The zero-order chi connectivity index (χ0) is 15.3. The Bertz CT molecular complexity index is 618. The van der Waals surface area contributed by atoms with Crippen LogP contribution >= 0.6 is 0 Å². The van der Waals surface area contributed by atoms with Crippen molar-refractivity contribution >= 4 is 20.2 Å². The van der Waals surface area contributed by atoms with Crippen LogP contribution in [0.4, 0.5) is 5.69 Å². The average molecular weight is 299 g/mol. The van der Waals surface area contributed by atoms with Crippen LogP contribution in [-0.2, 0) is 6.42 Å². The lowest BCUT2D eigenvalue weighted by molar-refractivity contribution is 0.559. The van der Waals surface area contributed by atoms with Gasteiger partial charge in [0.05, 0.1) is 0 Å². The van der Waals surface area contributed by atoms with Crippen LogP contribution in [0.3, 0.4) is 0 Å². The summed E-state index contributed by atoms with van der Waals surface area (Å²) >= 11 is 0. The fraction of sp³-hybridized carbons (Fsp3) is 0.312. The maximum atomic E-state index is 6.05. The van der Waals surface area contributed by atoms with Gasteiger partial charge in [0, 0.05) is 25.0 Å². The first-order valence-electron chi connectivity index (χ1n) is 7.02. The Morgan fingerprint density at radius 1 is 1.14 bits per heavy atom. The van der Waals surface area contributed by atoms with E-state index in [1.807, 2.05) is 49.8 Å². The highest BCUT2D eigenvalue weighted by Crippen LogP contribution is 2.28. The highest BCUT2D eigenvalue weighted by Gasteiger charge is 2.17. The molecule has 1 heterocycles. The summed E-state index contributed by atoms with van der Waals surface area (Å²) in [5, 5.41) is 0. The number of hydrogen-bond acceptors (Lipinski definition) is 4. The molecule has 0 aliphatic carbocycles. The van der Waals surface area contributed by atoms with Crippen molar-refractivity contribution in [3.8, 4) is 5.75 Å². The third kappa shape index (κ3) is 5.11. The normalized spacial score (nSPS) is 11.8. The first-order chi connectivity index (χ1) is 9.94. The molecule has 0 bridgehead atoms. The topological polar surface area (TPSA) is 47.4 Å². The number of aliphatic imine (C=N–C) groups is 1. The summed E-state index contributed by atoms with van der Waals surface area (Å²) < 4.78 is 6.05. The molecule has 0 atom stereocenters. The van der Waals surface area contributed by atoms with Gasteiger partial charge in [-0.1, -0.05) is 12.1 Å². The molecule has 0 saturated carbocycles. The molecule has 2 rings (SSSR count). The average Bonchev–Trinajstić information content (AvgIpc) is 2.41. The molecule has 0 aliphatic heterocycles. The second kappa shape index (κ2) is 6.63. The summed E-state index contributed by atoms with van der Waals surface area (Å²) in [6.07, 6.45) is 6.08. The van der Waals surface area contributed by atoms with E-state index in [9.17, 15) is 0 Å². The molecule has 5 heteroatoms. The lowest BCUT2D eigenvalue weighted by Crippen LogP contribution is -2.29. The molecule has 1 aromatic carbocycles. The van der Waals surface area contributed by atoms with E-state index in [0.717, 1.165) is 22.8 Å². The van der Waals surface area contributed by atoms with Gasteiger partial charge in [0.15, 0.2) is 0 Å². The van der Waals surface area contributed by atoms with Gasteiger partial charge in [-0.25, -0.2) is 9.97 Å². The molecule has 0 saturated heterocycles. The summed E-state index contributed by atoms with van der Waals surface area (Å²) in [5.74, 6) is 1.62. The highest BCUT2D eigenvalue weighted by atomic mass is 28.4. The first kappa shape index (κ1) is 15.4. The summed E-state index contributed by atoms with van der Waals surface area (Å²) in [4.78, 5) is 13.0. The molecule has 0 fully saturated rings. The Hall–Kier alpha value is -2.01. The maximum Gasteiger partial charge on any atom is 0.242 e. The number of para-hydroxylation sites is 2. The Kier molecular flexibility index (Phi) is 4.85. The predicted octanol–water partition coefficient (Wildman–Crippen LogP) is 3.94. The molecular formula is C16H21N3OSi. The van der Waals surface area contributed by atoms with E-state index in [1.165, 1.54) is 0 Å². The molecule has 0 unspecified atom stereocenters. The van der Waals surface area contributed by atoms with Crippen LogP contribution in [0.5, 0.6) is 5.75 Å². The van der Waals surface area contributed by atoms with Crippen molar-refractivity contribution in [2.24, 2.45) is 4.99 Å². The smallest absolute Gasteiger partial charge is 0.242 e. The molecule has 1 aromatic heterocycles. The van der Waals surface area contributed by atoms with E-state index in [-0.39, 0.29) is 0 Å². The Morgan fingerprint density at radius 3 is 2.48 bits per heavy atom. The number of benzene rings is 1. The van der Waals surface area contributed by atoms with Gasteiger partial charge in [0.1, 0.15) is 17.3 Å². The van der Waals surface area contributed by atoms with Gasteiger partial charge in [-0.3, -0.25) is 4.99 Å². The summed E-state index contributed by atoms with van der Waals surface area (Å²) in [6.45, 7) is 8.46. The minimum absolute atomic E-state index is 0.613. The third-order valence-electron chi connectivity index (χ3n) is 2.62. The number of aryl methyl sites for hydroxylation is 1. The largest absolute Gasteiger partial charge is 0.543 e. The zero-order valence-corrected chi connectivity index (χ0v) is 14.0. The van der Waals surface area contributed by atoms with Gasteiger partial charge in [0.25, 0.3) is 0 Å². The van der Waals surface area contributed by atoms with Crippen LogP contribution in [0.25, 0.3) is 0 Å². The van der Waals surface area contributed by atoms with Crippen molar-refractivity contribution in [3.05, 3.63) is 48.0 Å². The molecular weight excluding hydrogens is 278 g/mol. The first-order valence-corrected chi connectivity index (χ1v) is 10.4. The SMILES string of the molecule is Cc1cnc(CC=Nc2ccccc2O[Si](C)(C)C)nc1. The van der Waals surface area contributed by atoms with Gasteiger partial charge < -0.3 is 4.43 Å². The lowest BCUT2D eigenvalue weighted by atomic mass is 10.3. The van der Waals surface area contributed by atoms with Crippen LogP contribution < -0.4 is 4.43 Å². The van der Waals surface area contributed by atoms with Gasteiger partial charge >= 0.3 is 0 Å². The number of nitrogens with zero attached hydrogens (tertiary/aromatic N) is 3. The van der Waals surface area contributed by atoms with E-state index in [0.29, 0.717) is 6.42 Å². The van der Waals surface area contributed by atoms with Gasteiger partial charge in [-0.05, 0) is 44.3 Å². The molecule has 4 nitrogen and oxygen atoms in total. The minimum atomic E-state index is -1.64. The second-order valence-electron chi connectivity index (χ2n) is 5.87. The van der Waals surface area contributed by atoms with Gasteiger partial charge in [0.2, 0.25) is 8.32 Å². The van der Waals surface area contributed by atoms with Crippen LogP contribution in [0, 0.1) is 6.92 Å². The summed E-state index contributed by atoms with van der Waals surface area (Å²) in [6, 6.07) is 7.86. The molecule has 0 aliphatic rings. The molecule has 0 spiro atoms. The van der Waals surface area contributed by atoms with Crippen molar-refractivity contribution in [2.45, 2.75) is 33.0 Å². The van der Waals surface area contributed by atoms with Crippen molar-refractivity contribution in [2.75, 3.05) is 0 Å². The van der Waals surface area contributed by atoms with Gasteiger partial charge in [-0.15, -0.1) is 0 Å².